The van der Waals surface area contributed by atoms with E-state index in [1.807, 2.05) is 12.4 Å². The van der Waals surface area contributed by atoms with Crippen molar-refractivity contribution >= 4 is 23.4 Å². The van der Waals surface area contributed by atoms with Crippen molar-refractivity contribution in [2.75, 3.05) is 5.75 Å². The maximum absolute atomic E-state index is 4.23. The highest BCUT2D eigenvalue weighted by atomic mass is 32.1. The maximum atomic E-state index is 4.23. The lowest BCUT2D eigenvalue weighted by Gasteiger charge is -2.04. The fourth-order valence-corrected chi connectivity index (χ4v) is 1.84. The Balaban J connectivity index is 2.43. The molecule has 0 aliphatic carbocycles. The summed E-state index contributed by atoms with van der Waals surface area (Å²) in [5.41, 5.74) is 1.40. The van der Waals surface area contributed by atoms with Gasteiger partial charge in [-0.05, 0) is 35.6 Å². The molecule has 0 N–H and O–H groups in total. The first-order chi connectivity index (χ1) is 6.92. The van der Waals surface area contributed by atoms with E-state index < -0.39 is 0 Å². The number of pyridine rings is 1. The van der Waals surface area contributed by atoms with Crippen LogP contribution in [0, 0.1) is 0 Å². The molecule has 0 bridgehead atoms. The lowest BCUT2D eigenvalue weighted by atomic mass is 10.0. The molecule has 1 aromatic carbocycles. The van der Waals surface area contributed by atoms with Crippen molar-refractivity contribution in [3.63, 3.8) is 0 Å². The molecular weight excluding hydrogens is 190 g/mol. The number of hydrogen-bond acceptors (Lipinski definition) is 2. The van der Waals surface area contributed by atoms with E-state index in [0.29, 0.717) is 0 Å². The van der Waals surface area contributed by atoms with Crippen LogP contribution >= 0.6 is 12.6 Å². The molecule has 0 unspecified atom stereocenters. The van der Waals surface area contributed by atoms with E-state index in [1.165, 1.54) is 16.3 Å². The summed E-state index contributed by atoms with van der Waals surface area (Å²) in [7, 11) is 0. The Bertz CT molecular complexity index is 420. The van der Waals surface area contributed by atoms with Crippen LogP contribution < -0.4 is 0 Å². The molecule has 72 valence electrons. The third-order valence-electron chi connectivity index (χ3n) is 2.38. The lowest BCUT2D eigenvalue weighted by molar-refractivity contribution is 0.944. The molecule has 2 heteroatoms. The van der Waals surface area contributed by atoms with Crippen molar-refractivity contribution in [2.24, 2.45) is 0 Å². The number of aromatic nitrogens is 1. The van der Waals surface area contributed by atoms with E-state index in [-0.39, 0.29) is 0 Å². The zero-order valence-electron chi connectivity index (χ0n) is 7.98. The SMILES string of the molecule is SCCCc1cccc2cnccc12. The quantitative estimate of drug-likeness (QED) is 0.756. The van der Waals surface area contributed by atoms with Crippen molar-refractivity contribution in [3.8, 4) is 0 Å². The molecule has 1 nitrogen and oxygen atoms in total. The molecule has 0 amide bonds. The average molecular weight is 203 g/mol. The molecule has 2 aromatic rings. The zero-order valence-corrected chi connectivity index (χ0v) is 8.87. The van der Waals surface area contributed by atoms with Gasteiger partial charge in [0.15, 0.2) is 0 Å². The molecule has 0 atom stereocenters. The van der Waals surface area contributed by atoms with Gasteiger partial charge < -0.3 is 0 Å². The van der Waals surface area contributed by atoms with Gasteiger partial charge in [-0.2, -0.15) is 12.6 Å². The molecule has 1 aromatic heterocycles. The van der Waals surface area contributed by atoms with E-state index in [2.05, 4.69) is 41.9 Å². The molecular formula is C12H13NS. The molecule has 0 spiro atoms. The molecule has 14 heavy (non-hydrogen) atoms. The molecule has 0 saturated carbocycles. The van der Waals surface area contributed by atoms with Gasteiger partial charge >= 0.3 is 0 Å². The smallest absolute Gasteiger partial charge is 0.0346 e. The highest BCUT2D eigenvalue weighted by Crippen LogP contribution is 2.18. The first kappa shape index (κ1) is 9.53. The van der Waals surface area contributed by atoms with Gasteiger partial charge in [0.1, 0.15) is 0 Å². The summed E-state index contributed by atoms with van der Waals surface area (Å²) in [5.74, 6) is 0.946. The van der Waals surface area contributed by atoms with Crippen LogP contribution in [-0.4, -0.2) is 10.7 Å². The number of nitrogens with zero attached hydrogens (tertiary/aromatic N) is 1. The Morgan fingerprint density at radius 2 is 2.14 bits per heavy atom. The van der Waals surface area contributed by atoms with Crippen LogP contribution in [0.5, 0.6) is 0 Å². The topological polar surface area (TPSA) is 12.9 Å². The molecule has 1 heterocycles. The van der Waals surface area contributed by atoms with Crippen LogP contribution in [0.4, 0.5) is 0 Å². The number of rotatable bonds is 3. The summed E-state index contributed by atoms with van der Waals surface area (Å²) in [6.07, 6.45) is 6.00. The zero-order chi connectivity index (χ0) is 9.80. The number of benzene rings is 1. The van der Waals surface area contributed by atoms with Gasteiger partial charge in [0.2, 0.25) is 0 Å². The minimum atomic E-state index is 0.946. The predicted octanol–water partition coefficient (Wildman–Crippen LogP) is 3.10. The Morgan fingerprint density at radius 1 is 1.21 bits per heavy atom. The van der Waals surface area contributed by atoms with Crippen LogP contribution in [0.3, 0.4) is 0 Å². The highest BCUT2D eigenvalue weighted by Gasteiger charge is 1.99. The summed E-state index contributed by atoms with van der Waals surface area (Å²) in [5, 5.41) is 2.55. The lowest BCUT2D eigenvalue weighted by Crippen LogP contribution is -1.88. The Labute approximate surface area is 89.6 Å². The highest BCUT2D eigenvalue weighted by molar-refractivity contribution is 7.80. The van der Waals surface area contributed by atoms with Crippen molar-refractivity contribution in [1.82, 2.24) is 4.98 Å². The summed E-state index contributed by atoms with van der Waals surface area (Å²) in [6, 6.07) is 8.47. The fourth-order valence-electron chi connectivity index (χ4n) is 1.68. The van der Waals surface area contributed by atoms with Crippen LogP contribution in [0.15, 0.2) is 36.7 Å². The second-order valence-electron chi connectivity index (χ2n) is 3.34. The summed E-state index contributed by atoms with van der Waals surface area (Å²) in [4.78, 5) is 4.12. The predicted molar refractivity (Wildman–Crippen MR) is 63.9 cm³/mol. The monoisotopic (exact) mass is 203 g/mol. The van der Waals surface area contributed by atoms with Crippen molar-refractivity contribution in [2.45, 2.75) is 12.8 Å². The van der Waals surface area contributed by atoms with E-state index in [9.17, 15) is 0 Å². The maximum Gasteiger partial charge on any atom is 0.0346 e. The molecule has 0 aliphatic heterocycles. The average Bonchev–Trinajstić information content (AvgIpc) is 2.26. The van der Waals surface area contributed by atoms with E-state index in [4.69, 9.17) is 0 Å². The van der Waals surface area contributed by atoms with E-state index >= 15 is 0 Å². The number of hydrogen-bond donors (Lipinski definition) is 1. The third-order valence-corrected chi connectivity index (χ3v) is 2.69. The van der Waals surface area contributed by atoms with Gasteiger partial charge in [-0.1, -0.05) is 18.2 Å². The minimum absolute atomic E-state index is 0.946. The van der Waals surface area contributed by atoms with E-state index in [1.54, 1.807) is 0 Å². The van der Waals surface area contributed by atoms with Crippen LogP contribution in [0.2, 0.25) is 0 Å². The Hall–Kier alpha value is -1.02. The first-order valence-electron chi connectivity index (χ1n) is 4.84. The minimum Gasteiger partial charge on any atom is -0.264 e. The summed E-state index contributed by atoms with van der Waals surface area (Å²) >= 11 is 4.23. The molecule has 0 radical (unpaired) electrons. The number of fused-ring (bicyclic) bond motifs is 1. The van der Waals surface area contributed by atoms with Crippen LogP contribution in [0.1, 0.15) is 12.0 Å². The molecule has 2 rings (SSSR count). The van der Waals surface area contributed by atoms with Gasteiger partial charge in [0, 0.05) is 17.8 Å². The Morgan fingerprint density at radius 3 is 3.00 bits per heavy atom. The van der Waals surface area contributed by atoms with Gasteiger partial charge in [0.25, 0.3) is 0 Å². The molecule has 0 fully saturated rings. The molecule has 0 saturated heterocycles. The number of aryl methyl sites for hydroxylation is 1. The molecule has 0 aliphatic rings. The van der Waals surface area contributed by atoms with Gasteiger partial charge in [-0.25, -0.2) is 0 Å². The van der Waals surface area contributed by atoms with E-state index in [0.717, 1.165) is 18.6 Å². The van der Waals surface area contributed by atoms with Crippen LogP contribution in [-0.2, 0) is 6.42 Å². The van der Waals surface area contributed by atoms with Crippen LogP contribution in [0.25, 0.3) is 10.8 Å². The number of thiol groups is 1. The second kappa shape index (κ2) is 4.47. The largest absolute Gasteiger partial charge is 0.264 e. The second-order valence-corrected chi connectivity index (χ2v) is 3.79. The van der Waals surface area contributed by atoms with Gasteiger partial charge in [-0.15, -0.1) is 0 Å². The Kier molecular flexibility index (Phi) is 3.04. The normalized spacial score (nSPS) is 10.6. The standard InChI is InChI=1S/C12H13NS/c14-8-2-5-10-3-1-4-11-9-13-7-6-12(10)11/h1,3-4,6-7,9,14H,2,5,8H2. The van der Waals surface area contributed by atoms with Crippen molar-refractivity contribution in [3.05, 3.63) is 42.2 Å². The van der Waals surface area contributed by atoms with Gasteiger partial charge in [0.05, 0.1) is 0 Å². The summed E-state index contributed by atoms with van der Waals surface area (Å²) < 4.78 is 0. The summed E-state index contributed by atoms with van der Waals surface area (Å²) in [6.45, 7) is 0. The van der Waals surface area contributed by atoms with Crippen molar-refractivity contribution < 1.29 is 0 Å². The third kappa shape index (κ3) is 1.90. The first-order valence-corrected chi connectivity index (χ1v) is 5.47. The fraction of sp³-hybridized carbons (Fsp3) is 0.250. The van der Waals surface area contributed by atoms with Crippen molar-refractivity contribution in [1.29, 1.82) is 0 Å². The van der Waals surface area contributed by atoms with Gasteiger partial charge in [-0.3, -0.25) is 4.98 Å².